The Labute approximate surface area is 209 Å². The van der Waals surface area contributed by atoms with Crippen LogP contribution < -0.4 is 19.1 Å². The van der Waals surface area contributed by atoms with Gasteiger partial charge in [-0.1, -0.05) is 29.8 Å². The van der Waals surface area contributed by atoms with E-state index in [1.807, 2.05) is 26.0 Å². The molecule has 0 aliphatic carbocycles. The number of benzene rings is 3. The second-order valence-corrected chi connectivity index (χ2v) is 8.43. The van der Waals surface area contributed by atoms with Crippen molar-refractivity contribution in [1.82, 2.24) is 0 Å². The molecule has 1 amide bonds. The zero-order valence-electron chi connectivity index (χ0n) is 20.7. The van der Waals surface area contributed by atoms with E-state index >= 15 is 0 Å². The summed E-state index contributed by atoms with van der Waals surface area (Å²) >= 11 is 0. The number of anilines is 1. The number of aromatic hydroxyl groups is 1. The monoisotopic (exact) mass is 489 g/mol. The van der Waals surface area contributed by atoms with Gasteiger partial charge in [0.1, 0.15) is 11.5 Å². The third kappa shape index (κ3) is 4.00. The van der Waals surface area contributed by atoms with Crippen molar-refractivity contribution in [1.29, 1.82) is 0 Å². The minimum absolute atomic E-state index is 0.119. The number of ether oxygens (including phenoxy) is 3. The zero-order valence-corrected chi connectivity index (χ0v) is 20.7. The van der Waals surface area contributed by atoms with Crippen LogP contribution in [0.3, 0.4) is 0 Å². The predicted octanol–water partition coefficient (Wildman–Crippen LogP) is 4.66. The van der Waals surface area contributed by atoms with Gasteiger partial charge in [0.25, 0.3) is 11.7 Å². The van der Waals surface area contributed by atoms with Gasteiger partial charge in [0.05, 0.1) is 38.6 Å². The normalized spacial score (nSPS) is 16.8. The van der Waals surface area contributed by atoms with Crippen LogP contribution >= 0.6 is 0 Å². The Morgan fingerprint density at radius 1 is 0.889 bits per heavy atom. The molecule has 2 N–H and O–H groups in total. The van der Waals surface area contributed by atoms with Gasteiger partial charge in [-0.2, -0.15) is 0 Å². The number of phenols is 1. The average molecular weight is 490 g/mol. The van der Waals surface area contributed by atoms with Gasteiger partial charge in [-0.05, 0) is 55.3 Å². The van der Waals surface area contributed by atoms with E-state index in [0.717, 1.165) is 11.1 Å². The number of aliphatic hydroxyl groups is 1. The molecule has 1 aliphatic rings. The number of ketones is 1. The number of rotatable bonds is 6. The van der Waals surface area contributed by atoms with Crippen LogP contribution in [0.2, 0.25) is 0 Å². The first kappa shape index (κ1) is 24.7. The third-order valence-corrected chi connectivity index (χ3v) is 6.24. The number of aliphatic hydroxyl groups excluding tert-OH is 1. The number of hydrogen-bond donors (Lipinski definition) is 2. The molecule has 1 heterocycles. The van der Waals surface area contributed by atoms with Crippen LogP contribution in [-0.2, 0) is 9.59 Å². The number of aryl methyl sites for hydroxylation is 2. The number of hydrogen-bond acceptors (Lipinski definition) is 7. The number of Topliss-reactive ketones (excluding diaryl/α,β-unsaturated/α-hetero) is 1. The number of para-hydroxylation sites is 2. The fourth-order valence-corrected chi connectivity index (χ4v) is 4.46. The molecule has 0 aromatic heterocycles. The minimum Gasteiger partial charge on any atom is -0.507 e. The van der Waals surface area contributed by atoms with Gasteiger partial charge in [-0.15, -0.1) is 0 Å². The lowest BCUT2D eigenvalue weighted by atomic mass is 9.92. The zero-order chi connectivity index (χ0) is 26.1. The lowest BCUT2D eigenvalue weighted by Gasteiger charge is -2.27. The van der Waals surface area contributed by atoms with Crippen LogP contribution in [-0.4, -0.2) is 43.2 Å². The lowest BCUT2D eigenvalue weighted by molar-refractivity contribution is -0.132. The van der Waals surface area contributed by atoms with Crippen molar-refractivity contribution in [2.75, 3.05) is 26.2 Å². The van der Waals surface area contributed by atoms with Crippen molar-refractivity contribution in [3.8, 4) is 23.0 Å². The maximum atomic E-state index is 13.4. The first-order chi connectivity index (χ1) is 17.2. The Morgan fingerprint density at radius 3 is 2.11 bits per heavy atom. The molecular formula is C28H27NO7. The first-order valence-electron chi connectivity index (χ1n) is 11.2. The Morgan fingerprint density at radius 2 is 1.53 bits per heavy atom. The molecule has 1 aliphatic heterocycles. The van der Waals surface area contributed by atoms with E-state index in [-0.39, 0.29) is 22.8 Å². The highest BCUT2D eigenvalue weighted by molar-refractivity contribution is 6.52. The molecule has 186 valence electrons. The van der Waals surface area contributed by atoms with Crippen LogP contribution in [0.15, 0.2) is 60.2 Å². The van der Waals surface area contributed by atoms with E-state index < -0.39 is 17.7 Å². The predicted molar refractivity (Wildman–Crippen MR) is 135 cm³/mol. The number of amides is 1. The summed E-state index contributed by atoms with van der Waals surface area (Å²) in [4.78, 5) is 28.0. The van der Waals surface area contributed by atoms with Gasteiger partial charge in [0.15, 0.2) is 11.5 Å². The van der Waals surface area contributed by atoms with Crippen LogP contribution in [0.5, 0.6) is 23.0 Å². The highest BCUT2D eigenvalue weighted by Crippen LogP contribution is 2.48. The standard InChI is InChI=1S/C28H27NO7/c1-15-10-11-16(2)18(12-15)25(31)23-24(17-13-21(34-3)27(36-5)22(14-17)35-4)29(28(33)26(23)32)19-8-6-7-9-20(19)30/h6-14,24,30-31H,1-5H3/b25-23+. The Kier molecular flexibility index (Phi) is 6.61. The van der Waals surface area contributed by atoms with Gasteiger partial charge in [-0.3, -0.25) is 14.5 Å². The van der Waals surface area contributed by atoms with Crippen molar-refractivity contribution < 1.29 is 34.0 Å². The molecule has 0 radical (unpaired) electrons. The van der Waals surface area contributed by atoms with Crippen LogP contribution in [0, 0.1) is 13.8 Å². The summed E-state index contributed by atoms with van der Waals surface area (Å²) in [6.07, 6.45) is 0. The maximum absolute atomic E-state index is 13.4. The fourth-order valence-electron chi connectivity index (χ4n) is 4.46. The lowest BCUT2D eigenvalue weighted by Crippen LogP contribution is -2.29. The third-order valence-electron chi connectivity index (χ3n) is 6.24. The number of nitrogens with zero attached hydrogens (tertiary/aromatic N) is 1. The molecule has 8 heteroatoms. The highest BCUT2D eigenvalue weighted by atomic mass is 16.5. The van der Waals surface area contributed by atoms with Gasteiger partial charge >= 0.3 is 0 Å². The molecule has 0 spiro atoms. The van der Waals surface area contributed by atoms with Crippen molar-refractivity contribution in [3.63, 3.8) is 0 Å². The Balaban J connectivity index is 2.07. The second kappa shape index (κ2) is 9.65. The van der Waals surface area contributed by atoms with Gasteiger partial charge < -0.3 is 24.4 Å². The Hall–Kier alpha value is -4.46. The number of carbonyl (C=O) groups is 2. The summed E-state index contributed by atoms with van der Waals surface area (Å²) in [5.74, 6) is -1.33. The summed E-state index contributed by atoms with van der Waals surface area (Å²) in [5.41, 5.74) is 2.46. The molecule has 4 rings (SSSR count). The number of methoxy groups -OCH3 is 3. The minimum atomic E-state index is -1.09. The van der Waals surface area contributed by atoms with Crippen molar-refractivity contribution >= 4 is 23.1 Å². The molecular weight excluding hydrogens is 462 g/mol. The molecule has 0 bridgehead atoms. The van der Waals surface area contributed by atoms with E-state index in [9.17, 15) is 19.8 Å². The van der Waals surface area contributed by atoms with Crippen LogP contribution in [0.4, 0.5) is 5.69 Å². The molecule has 1 unspecified atom stereocenters. The average Bonchev–Trinajstić information content (AvgIpc) is 3.14. The number of phenolic OH excluding ortho intramolecular Hbond substituents is 1. The fraction of sp³-hybridized carbons (Fsp3) is 0.214. The van der Waals surface area contributed by atoms with Gasteiger partial charge in [0.2, 0.25) is 5.75 Å². The SMILES string of the molecule is COc1cc(C2/C(=C(\O)c3cc(C)ccc3C)C(=O)C(=O)N2c2ccccc2O)cc(OC)c1OC. The molecule has 0 saturated carbocycles. The van der Waals surface area contributed by atoms with Gasteiger partial charge in [-0.25, -0.2) is 0 Å². The van der Waals surface area contributed by atoms with E-state index in [2.05, 4.69) is 0 Å². The smallest absolute Gasteiger partial charge is 0.300 e. The maximum Gasteiger partial charge on any atom is 0.300 e. The molecule has 3 aromatic carbocycles. The second-order valence-electron chi connectivity index (χ2n) is 8.43. The molecule has 36 heavy (non-hydrogen) atoms. The topological polar surface area (TPSA) is 106 Å². The Bertz CT molecular complexity index is 1370. The quantitative estimate of drug-likeness (QED) is 0.295. The molecule has 1 saturated heterocycles. The molecule has 3 aromatic rings. The van der Waals surface area contributed by atoms with Crippen LogP contribution in [0.25, 0.3) is 5.76 Å². The van der Waals surface area contributed by atoms with E-state index in [1.54, 1.807) is 30.3 Å². The molecule has 8 nitrogen and oxygen atoms in total. The van der Waals surface area contributed by atoms with Crippen LogP contribution in [0.1, 0.15) is 28.3 Å². The number of carbonyl (C=O) groups excluding carboxylic acids is 2. The largest absolute Gasteiger partial charge is 0.507 e. The van der Waals surface area contributed by atoms with Crippen molar-refractivity contribution in [2.45, 2.75) is 19.9 Å². The summed E-state index contributed by atoms with van der Waals surface area (Å²) in [7, 11) is 4.38. The first-order valence-corrected chi connectivity index (χ1v) is 11.2. The summed E-state index contributed by atoms with van der Waals surface area (Å²) in [6.45, 7) is 3.68. The van der Waals surface area contributed by atoms with Gasteiger partial charge in [0, 0.05) is 5.56 Å². The molecule has 1 fully saturated rings. The van der Waals surface area contributed by atoms with Crippen molar-refractivity contribution in [3.05, 3.63) is 82.4 Å². The van der Waals surface area contributed by atoms with Crippen molar-refractivity contribution in [2.24, 2.45) is 0 Å². The summed E-state index contributed by atoms with van der Waals surface area (Å²) in [6, 6.07) is 13.8. The highest BCUT2D eigenvalue weighted by Gasteiger charge is 2.48. The molecule has 1 atom stereocenters. The van der Waals surface area contributed by atoms with E-state index in [1.165, 1.54) is 38.4 Å². The summed E-state index contributed by atoms with van der Waals surface area (Å²) in [5, 5.41) is 22.1. The van der Waals surface area contributed by atoms with E-state index in [4.69, 9.17) is 14.2 Å². The summed E-state index contributed by atoms with van der Waals surface area (Å²) < 4.78 is 16.4. The van der Waals surface area contributed by atoms with E-state index in [0.29, 0.717) is 28.4 Å².